The highest BCUT2D eigenvalue weighted by Gasteiger charge is 2.21. The molecule has 0 radical (unpaired) electrons. The fourth-order valence-corrected chi connectivity index (χ4v) is 3.96. The number of nitrogens with one attached hydrogen (secondary N) is 1. The molecule has 0 saturated carbocycles. The van der Waals surface area contributed by atoms with Gasteiger partial charge in [-0.2, -0.15) is 0 Å². The van der Waals surface area contributed by atoms with Crippen molar-refractivity contribution < 1.29 is 9.53 Å². The number of amides is 1. The molecule has 1 aliphatic heterocycles. The monoisotopic (exact) mass is 418 g/mol. The van der Waals surface area contributed by atoms with Gasteiger partial charge in [0.25, 0.3) is 0 Å². The third kappa shape index (κ3) is 6.19. The van der Waals surface area contributed by atoms with Crippen LogP contribution in [0.4, 0.5) is 0 Å². The first-order valence-electron chi connectivity index (χ1n) is 9.93. The van der Waals surface area contributed by atoms with E-state index in [4.69, 9.17) is 10.6 Å². The number of aryl methyl sites for hydroxylation is 1. The van der Waals surface area contributed by atoms with Crippen LogP contribution in [0.15, 0.2) is 29.4 Å². The van der Waals surface area contributed by atoms with Crippen molar-refractivity contribution in [3.63, 3.8) is 0 Å². The van der Waals surface area contributed by atoms with E-state index in [0.29, 0.717) is 30.1 Å². The molecule has 1 aromatic heterocycles. The summed E-state index contributed by atoms with van der Waals surface area (Å²) >= 11 is 1.27. The number of nitrogen functional groups attached to an aromatic ring is 1. The molecule has 158 valence electrons. The van der Waals surface area contributed by atoms with Crippen molar-refractivity contribution in [3.05, 3.63) is 29.8 Å². The Morgan fingerprint density at radius 2 is 2.10 bits per heavy atom. The molecule has 0 spiro atoms. The highest BCUT2D eigenvalue weighted by Crippen LogP contribution is 2.21. The maximum absolute atomic E-state index is 12.2. The van der Waals surface area contributed by atoms with Gasteiger partial charge in [-0.15, -0.1) is 10.2 Å². The number of carbonyl (C=O) groups is 1. The molecule has 3 N–H and O–H groups in total. The number of aromatic nitrogens is 3. The minimum absolute atomic E-state index is 0.0303. The summed E-state index contributed by atoms with van der Waals surface area (Å²) in [6.07, 6.45) is 0.0303. The van der Waals surface area contributed by atoms with E-state index in [1.165, 1.54) is 16.4 Å². The summed E-state index contributed by atoms with van der Waals surface area (Å²) in [5.41, 5.74) is 2.06. The second-order valence-electron chi connectivity index (χ2n) is 7.78. The van der Waals surface area contributed by atoms with Gasteiger partial charge in [0.1, 0.15) is 0 Å². The molecular weight excluding hydrogens is 388 g/mol. The third-order valence-corrected chi connectivity index (χ3v) is 5.62. The highest BCUT2D eigenvalue weighted by molar-refractivity contribution is 7.99. The van der Waals surface area contributed by atoms with E-state index in [0.717, 1.165) is 30.8 Å². The molecule has 1 saturated heterocycles. The molecule has 3 rings (SSSR count). The smallest absolute Gasteiger partial charge is 0.230 e. The number of hydrogen-bond donors (Lipinski definition) is 2. The Labute approximate surface area is 176 Å². The van der Waals surface area contributed by atoms with Crippen LogP contribution in [0.25, 0.3) is 11.4 Å². The lowest BCUT2D eigenvalue weighted by atomic mass is 10.1. The number of benzene rings is 1. The lowest BCUT2D eigenvalue weighted by Gasteiger charge is -2.33. The number of nitrogens with two attached hydrogens (primary N) is 1. The summed E-state index contributed by atoms with van der Waals surface area (Å²) in [5, 5.41) is 11.7. The van der Waals surface area contributed by atoms with E-state index < -0.39 is 0 Å². The molecule has 0 bridgehead atoms. The molecule has 0 unspecified atom stereocenters. The quantitative estimate of drug-likeness (QED) is 0.495. The molecule has 2 aromatic rings. The van der Waals surface area contributed by atoms with E-state index in [9.17, 15) is 4.79 Å². The number of nitrogens with zero attached hydrogens (tertiary/aromatic N) is 4. The average molecular weight is 419 g/mol. The minimum Gasteiger partial charge on any atom is -0.374 e. The molecule has 29 heavy (non-hydrogen) atoms. The summed E-state index contributed by atoms with van der Waals surface area (Å²) in [6, 6.07) is 7.91. The van der Waals surface area contributed by atoms with Crippen molar-refractivity contribution in [2.45, 2.75) is 32.0 Å². The lowest BCUT2D eigenvalue weighted by molar-refractivity contribution is -0.119. The van der Waals surface area contributed by atoms with Gasteiger partial charge >= 0.3 is 0 Å². The zero-order valence-corrected chi connectivity index (χ0v) is 18.1. The topological polar surface area (TPSA) is 98.3 Å². The van der Waals surface area contributed by atoms with Gasteiger partial charge in [-0.3, -0.25) is 9.69 Å². The van der Waals surface area contributed by atoms with Gasteiger partial charge in [-0.05, 0) is 12.8 Å². The zero-order chi connectivity index (χ0) is 20.8. The maximum atomic E-state index is 12.2. The highest BCUT2D eigenvalue weighted by atomic mass is 32.2. The number of rotatable bonds is 8. The van der Waals surface area contributed by atoms with E-state index >= 15 is 0 Å². The third-order valence-electron chi connectivity index (χ3n) is 4.68. The molecule has 9 heteroatoms. The second kappa shape index (κ2) is 10.1. The van der Waals surface area contributed by atoms with Crippen molar-refractivity contribution in [2.75, 3.05) is 44.4 Å². The Hall–Kier alpha value is -2.10. The average Bonchev–Trinajstić information content (AvgIpc) is 3.05. The number of ether oxygens (including phenoxy) is 1. The van der Waals surface area contributed by atoms with Crippen LogP contribution in [-0.4, -0.2) is 70.3 Å². The maximum Gasteiger partial charge on any atom is 0.230 e. The van der Waals surface area contributed by atoms with Crippen LogP contribution in [-0.2, 0) is 9.53 Å². The van der Waals surface area contributed by atoms with Crippen molar-refractivity contribution in [1.82, 2.24) is 25.1 Å². The Bertz CT molecular complexity index is 808. The molecule has 8 nitrogen and oxygen atoms in total. The number of hydrogen-bond acceptors (Lipinski definition) is 7. The van der Waals surface area contributed by atoms with Gasteiger partial charge in [-0.1, -0.05) is 55.4 Å². The first kappa shape index (κ1) is 21.6. The first-order chi connectivity index (χ1) is 13.9. The molecule has 1 fully saturated rings. The van der Waals surface area contributed by atoms with E-state index in [1.54, 1.807) is 0 Å². The van der Waals surface area contributed by atoms with Crippen LogP contribution in [0.2, 0.25) is 0 Å². The summed E-state index contributed by atoms with van der Waals surface area (Å²) < 4.78 is 7.20. The van der Waals surface area contributed by atoms with Gasteiger partial charge in [0.2, 0.25) is 11.1 Å². The lowest BCUT2D eigenvalue weighted by Crippen LogP contribution is -2.48. The van der Waals surface area contributed by atoms with Gasteiger partial charge < -0.3 is 15.9 Å². The molecule has 1 aliphatic rings. The largest absolute Gasteiger partial charge is 0.374 e. The fourth-order valence-electron chi connectivity index (χ4n) is 3.27. The van der Waals surface area contributed by atoms with Crippen LogP contribution in [0.5, 0.6) is 0 Å². The van der Waals surface area contributed by atoms with Crippen molar-refractivity contribution in [1.29, 1.82) is 0 Å². The summed E-state index contributed by atoms with van der Waals surface area (Å²) in [6.45, 7) is 10.5. The van der Waals surface area contributed by atoms with Crippen molar-refractivity contribution >= 4 is 17.7 Å². The minimum atomic E-state index is -0.0699. The second-order valence-corrected chi connectivity index (χ2v) is 8.72. The predicted molar refractivity (Wildman–Crippen MR) is 115 cm³/mol. The predicted octanol–water partition coefficient (Wildman–Crippen LogP) is 1.53. The number of thioether (sulfide) groups is 1. The zero-order valence-electron chi connectivity index (χ0n) is 17.3. The Kier molecular flexibility index (Phi) is 7.51. The summed E-state index contributed by atoms with van der Waals surface area (Å²) in [5.74, 6) is 7.48. The normalized spacial score (nSPS) is 17.6. The first-order valence-corrected chi connectivity index (χ1v) is 10.9. The molecule has 1 aromatic carbocycles. The van der Waals surface area contributed by atoms with Gasteiger partial charge in [-0.25, -0.2) is 4.68 Å². The fraction of sp³-hybridized carbons (Fsp3) is 0.550. The van der Waals surface area contributed by atoms with Gasteiger partial charge in [0.15, 0.2) is 5.82 Å². The Balaban J connectivity index is 1.45. The van der Waals surface area contributed by atoms with Crippen LogP contribution in [0.1, 0.15) is 19.4 Å². The Morgan fingerprint density at radius 3 is 2.83 bits per heavy atom. The Morgan fingerprint density at radius 1 is 1.34 bits per heavy atom. The van der Waals surface area contributed by atoms with Crippen molar-refractivity contribution in [2.24, 2.45) is 5.92 Å². The van der Waals surface area contributed by atoms with E-state index in [-0.39, 0.29) is 17.8 Å². The number of morpholine rings is 1. The SMILES string of the molecule is Cc1ccc(-c2nnc(SCC(=O)NC[C@@H]3CN(CC(C)C)CCO3)n2N)cc1. The van der Waals surface area contributed by atoms with E-state index in [1.807, 2.05) is 31.2 Å². The summed E-state index contributed by atoms with van der Waals surface area (Å²) in [4.78, 5) is 14.6. The van der Waals surface area contributed by atoms with Gasteiger partial charge in [0, 0.05) is 31.7 Å². The molecule has 1 atom stereocenters. The van der Waals surface area contributed by atoms with Crippen LogP contribution in [0.3, 0.4) is 0 Å². The molecule has 0 aliphatic carbocycles. The van der Waals surface area contributed by atoms with Crippen LogP contribution >= 0.6 is 11.8 Å². The van der Waals surface area contributed by atoms with Crippen LogP contribution < -0.4 is 11.2 Å². The standard InChI is InChI=1S/C20H30N6O2S/c1-14(2)11-25-8-9-28-17(12-25)10-22-18(27)13-29-20-24-23-19(26(20)21)16-6-4-15(3)5-7-16/h4-7,14,17H,8-13,21H2,1-3H3,(H,22,27)/t17-/m1/s1. The number of carbonyl (C=O) groups excluding carboxylic acids is 1. The van der Waals surface area contributed by atoms with Gasteiger partial charge in [0.05, 0.1) is 18.5 Å². The summed E-state index contributed by atoms with van der Waals surface area (Å²) in [7, 11) is 0. The molecule has 1 amide bonds. The molecule has 2 heterocycles. The van der Waals surface area contributed by atoms with E-state index in [2.05, 4.69) is 34.3 Å². The van der Waals surface area contributed by atoms with Crippen LogP contribution in [0, 0.1) is 12.8 Å². The molecular formula is C20H30N6O2S. The van der Waals surface area contributed by atoms with Crippen molar-refractivity contribution in [3.8, 4) is 11.4 Å².